The topological polar surface area (TPSA) is 601 Å². The number of nitrogens with one attached hydrogen (secondary N) is 4. The maximum atomic E-state index is 12.2. The molecule has 0 spiro atoms. The summed E-state index contributed by atoms with van der Waals surface area (Å²) in [7, 11) is 0. The van der Waals surface area contributed by atoms with Gasteiger partial charge in [-0.05, 0) is 159 Å². The van der Waals surface area contributed by atoms with Crippen LogP contribution in [0, 0.1) is 34.0 Å². The summed E-state index contributed by atoms with van der Waals surface area (Å²) in [6.45, 7) is 29.0. The molecule has 0 unspecified atom stereocenters. The van der Waals surface area contributed by atoms with E-state index >= 15 is 0 Å². The Hall–Kier alpha value is -13.8. The fourth-order valence-corrected chi connectivity index (χ4v) is 12.0. The third-order valence-electron chi connectivity index (χ3n) is 17.3. The first-order valence-corrected chi connectivity index (χ1v) is 39.2. The van der Waals surface area contributed by atoms with Crippen molar-refractivity contribution in [3.63, 3.8) is 0 Å². The number of anilines is 15. The first kappa shape index (κ1) is 99.0. The molecular weight excluding hydrogens is 1680 g/mol. The molecule has 4 aliphatic heterocycles. The third-order valence-corrected chi connectivity index (χ3v) is 18.0. The highest BCUT2D eigenvalue weighted by atomic mass is 35.5. The van der Waals surface area contributed by atoms with Crippen LogP contribution in [0.4, 0.5) is 101 Å². The maximum Gasteiger partial charge on any atom is 0.410 e. The second-order valence-electron chi connectivity index (χ2n) is 30.0. The molecule has 9 aromatic rings. The Morgan fingerprint density at radius 3 is 0.968 bits per heavy atom. The molecule has 21 N–H and O–H groups in total. The molecule has 0 aliphatic carbocycles. The van der Waals surface area contributed by atoms with Gasteiger partial charge in [-0.15, -0.1) is 12.4 Å². The van der Waals surface area contributed by atoms with Crippen molar-refractivity contribution in [1.29, 1.82) is 15.8 Å². The van der Waals surface area contributed by atoms with Crippen molar-refractivity contribution in [3.8, 4) is 18.2 Å². The van der Waals surface area contributed by atoms with E-state index in [4.69, 9.17) is 105 Å². The van der Waals surface area contributed by atoms with Crippen LogP contribution in [0.1, 0.15) is 100 Å². The summed E-state index contributed by atoms with van der Waals surface area (Å²) in [5.74, 6) is 0.300. The Kier molecular flexibility index (Phi) is 36.9. The molecule has 0 saturated carbocycles. The lowest BCUT2D eigenvalue weighted by Crippen LogP contribution is -2.50. The van der Waals surface area contributed by atoms with Crippen LogP contribution in [0.15, 0.2) is 128 Å². The highest BCUT2D eigenvalue weighted by Crippen LogP contribution is 2.29. The molecule has 9 heterocycles. The lowest BCUT2D eigenvalue weighted by atomic mass is 10.2. The van der Waals surface area contributed by atoms with Crippen molar-refractivity contribution >= 4 is 164 Å². The van der Waals surface area contributed by atoms with Crippen molar-refractivity contribution in [2.45, 2.75) is 79.1 Å². The van der Waals surface area contributed by atoms with Gasteiger partial charge < -0.3 is 116 Å². The van der Waals surface area contributed by atoms with E-state index in [0.29, 0.717) is 63.9 Å². The van der Waals surface area contributed by atoms with Crippen molar-refractivity contribution < 1.29 is 38.2 Å². The van der Waals surface area contributed by atoms with Gasteiger partial charge in [0.2, 0.25) is 0 Å². The van der Waals surface area contributed by atoms with Crippen LogP contribution in [0.2, 0.25) is 15.5 Å². The average Bonchev–Trinajstić information content (AvgIpc) is 0.836. The summed E-state index contributed by atoms with van der Waals surface area (Å²) in [5, 5.41) is 38.5. The Morgan fingerprint density at radius 2 is 0.661 bits per heavy atom. The number of nitriles is 3. The number of rotatable bonds is 12. The van der Waals surface area contributed by atoms with Gasteiger partial charge in [0.15, 0.2) is 56.2 Å². The third kappa shape index (κ3) is 31.6. The predicted octanol–water partition coefficient (Wildman–Crippen LogP) is 10.1. The monoisotopic (exact) mass is 1780 g/mol. The van der Waals surface area contributed by atoms with Crippen molar-refractivity contribution in [1.82, 2.24) is 76.0 Å². The van der Waals surface area contributed by atoms with Crippen molar-refractivity contribution in [2.24, 2.45) is 11.5 Å². The van der Waals surface area contributed by atoms with Gasteiger partial charge in [0.1, 0.15) is 63.4 Å². The molecule has 4 saturated heterocycles. The maximum absolute atomic E-state index is 12.2. The molecule has 13 rings (SSSR count). The molecule has 0 bridgehead atoms. The normalized spacial score (nSPS) is 13.5. The molecule has 0 radical (unpaired) electrons. The highest BCUT2D eigenvalue weighted by molar-refractivity contribution is 6.32. The van der Waals surface area contributed by atoms with Crippen LogP contribution in [0.5, 0.6) is 0 Å². The zero-order valence-corrected chi connectivity index (χ0v) is 73.0. The Labute approximate surface area is 739 Å². The van der Waals surface area contributed by atoms with Crippen LogP contribution in [0.3, 0.4) is 0 Å². The number of piperazine rings is 4. The fraction of sp³-hybridized carbons (Fsp3) is 0.350. The van der Waals surface area contributed by atoms with Gasteiger partial charge in [-0.2, -0.15) is 15.8 Å². The first-order valence-electron chi connectivity index (χ1n) is 38.1. The van der Waals surface area contributed by atoms with Gasteiger partial charge >= 0.3 is 18.3 Å². The number of nitrogens with two attached hydrogens (primary N) is 7. The number of ether oxygens (including phenoxy) is 3. The molecular formula is C80H102Cl4N32O8. The van der Waals surface area contributed by atoms with Crippen LogP contribution < -0.4 is 87.2 Å². The number of amides is 5. The van der Waals surface area contributed by atoms with E-state index in [0.717, 1.165) is 92.2 Å². The number of hydrogen-bond acceptors (Lipinski definition) is 35. The zero-order chi connectivity index (χ0) is 89.0. The second kappa shape index (κ2) is 46.3. The smallest absolute Gasteiger partial charge is 0.410 e. The summed E-state index contributed by atoms with van der Waals surface area (Å²) in [4.78, 5) is 112. The van der Waals surface area contributed by atoms with E-state index in [2.05, 4.69) is 90.7 Å². The summed E-state index contributed by atoms with van der Waals surface area (Å²) in [6, 6.07) is 36.6. The van der Waals surface area contributed by atoms with Crippen LogP contribution in [-0.4, -0.2) is 216 Å². The number of hydrogen-bond donors (Lipinski definition) is 12. The molecule has 44 heteroatoms. The molecule has 124 heavy (non-hydrogen) atoms. The number of primary amides is 2. The summed E-state index contributed by atoms with van der Waals surface area (Å²) in [5.41, 5.74) is 44.9. The van der Waals surface area contributed by atoms with Gasteiger partial charge in [0, 0.05) is 150 Å². The number of carbonyl (C=O) groups excluding carboxylic acids is 5. The number of carbonyl (C=O) groups is 5. The Morgan fingerprint density at radius 1 is 0.387 bits per heavy atom. The Bertz CT molecular complexity index is 5110. The minimum Gasteiger partial charge on any atom is -0.444 e. The number of nitrogens with zero attached hydrogens (tertiary/aromatic N) is 20. The van der Waals surface area contributed by atoms with Gasteiger partial charge in [-0.1, -0.05) is 34.8 Å². The summed E-state index contributed by atoms with van der Waals surface area (Å²) >= 11 is 16.3. The number of aromatic nitrogens is 10. The lowest BCUT2D eigenvalue weighted by Gasteiger charge is -2.36. The van der Waals surface area contributed by atoms with Gasteiger partial charge in [0.05, 0.1) is 31.0 Å². The van der Waals surface area contributed by atoms with Crippen molar-refractivity contribution in [2.75, 3.05) is 169 Å². The van der Waals surface area contributed by atoms with E-state index < -0.39 is 28.6 Å². The van der Waals surface area contributed by atoms with Crippen LogP contribution in [0.25, 0.3) is 0 Å². The molecule has 0 atom stereocenters. The standard InChI is InChI=1S/C20H27N7O3.C20H25N7O2.C15H19N7O.C15H23N3O2.C5HCl2N3.C5H3ClN4.ClH.H3N/c1-20(2,3)30-19(29)27-10-8-26(9-11-27)14-6-4-13(5-7-14)24-18-16(17(22)28)23-12-15(21)25-18;1-20(2,3)29-19(28)27-10-8-26(9-11-27)15-6-4-14(5-7-15)24-18-16(12-21)23-13-17(22)25-18;16-12-9-19-13(14(17)23)15(21-12)20-10-1-3-11(4-2-10)22-7-5-18-6-8-22;1-15(2,3)20-14(19)18-10-8-17(9-11-18)13-6-4-12(16)5-7-13;6-4-2-9-3(1-8)5(7)10-4;6-5-3(1-7)9-2-4(8)10-5;;/h4-7,12H,8-11H2,1-3H3,(H2,22,28)(H3,21,24,25);4-7,13H,8-11H2,1-3H3,(H3,22,24,25);1-4,9,18H,5-8H2,(H2,17,23)(H3,16,20,21);4-7H,8-11,16H2,1-3H3;2H;2H,(H2,8,10);1H;1H3. The largest absolute Gasteiger partial charge is 0.444 e. The second-order valence-corrected chi connectivity index (χ2v) is 31.1. The SMILES string of the molecule is CC(C)(C)OC(=O)N1CCN(c2ccc(N)cc2)CC1.CC(C)(C)OC(=O)N1CCN(c2ccc(Nc3nc(N)cnc3C#N)cc2)CC1.CC(C)(C)OC(=O)N1CCN(c2ccc(Nc3nc(N)cnc3C(N)=O)cc2)CC1.Cl.N.N#Cc1ncc(Cl)nc1Cl.N#Cc1ncc(N)nc1Cl.NC(=O)c1ncc(N)nc1Nc1ccc(N2CCNCC2)cc1. The van der Waals surface area contributed by atoms with Crippen LogP contribution in [-0.2, 0) is 14.2 Å². The lowest BCUT2D eigenvalue weighted by molar-refractivity contribution is 0.0230. The van der Waals surface area contributed by atoms with Gasteiger partial charge in [0.25, 0.3) is 11.8 Å². The fourth-order valence-electron chi connectivity index (χ4n) is 11.5. The molecule has 658 valence electrons. The molecule has 4 aromatic carbocycles. The molecule has 5 amide bonds. The molecule has 4 fully saturated rings. The van der Waals surface area contributed by atoms with E-state index in [1.807, 2.05) is 165 Å². The Balaban J connectivity index is 0.000000238. The minimum absolute atomic E-state index is 0. The molecule has 40 nitrogen and oxygen atoms in total. The highest BCUT2D eigenvalue weighted by Gasteiger charge is 2.30. The molecule has 4 aliphatic rings. The van der Waals surface area contributed by atoms with Gasteiger partial charge in [-0.25, -0.2) is 64.2 Å². The minimum atomic E-state index is -0.690. The van der Waals surface area contributed by atoms with E-state index in [1.54, 1.807) is 26.8 Å². The molecule has 5 aromatic heterocycles. The van der Waals surface area contributed by atoms with Crippen molar-refractivity contribution in [3.05, 3.63) is 172 Å². The van der Waals surface area contributed by atoms with E-state index in [-0.39, 0.29) is 116 Å². The van der Waals surface area contributed by atoms with E-state index in [1.165, 1.54) is 31.0 Å². The average molecular weight is 1780 g/mol. The van der Waals surface area contributed by atoms with E-state index in [9.17, 15) is 24.0 Å². The van der Waals surface area contributed by atoms with Gasteiger partial charge in [-0.3, -0.25) is 9.59 Å². The number of nitrogen functional groups attached to an aromatic ring is 5. The number of halogens is 4. The quantitative estimate of drug-likeness (QED) is 0.0399. The summed E-state index contributed by atoms with van der Waals surface area (Å²) in [6.07, 6.45) is 5.71. The number of benzene rings is 4. The zero-order valence-electron chi connectivity index (χ0n) is 69.9. The van der Waals surface area contributed by atoms with Crippen LogP contribution >= 0.6 is 47.2 Å². The first-order chi connectivity index (χ1) is 57.8. The summed E-state index contributed by atoms with van der Waals surface area (Å²) < 4.78 is 16.3. The predicted molar refractivity (Wildman–Crippen MR) is 481 cm³/mol.